The number of rotatable bonds is 5. The van der Waals surface area contributed by atoms with Crippen LogP contribution in [0.2, 0.25) is 0 Å². The van der Waals surface area contributed by atoms with Crippen LogP contribution in [0.5, 0.6) is 0 Å². The average molecular weight is 210 g/mol. The van der Waals surface area contributed by atoms with Crippen LogP contribution in [0.15, 0.2) is 47.6 Å². The second-order valence-corrected chi connectivity index (χ2v) is 4.23. The molecule has 0 fully saturated rings. The molecule has 13 heavy (non-hydrogen) atoms. The zero-order valence-electron chi connectivity index (χ0n) is 7.82. The summed E-state index contributed by atoms with van der Waals surface area (Å²) in [5.41, 5.74) is 0. The molecule has 0 heterocycles. The third kappa shape index (κ3) is 4.19. The van der Waals surface area contributed by atoms with E-state index >= 15 is 0 Å². The van der Waals surface area contributed by atoms with Crippen molar-refractivity contribution in [2.24, 2.45) is 0 Å². The molecule has 1 nitrogen and oxygen atoms in total. The molecule has 0 saturated carbocycles. The maximum atomic E-state index is 5.12. The molecule has 1 aromatic carbocycles. The molecule has 0 aliphatic heterocycles. The van der Waals surface area contributed by atoms with Crippen molar-refractivity contribution in [2.75, 3.05) is 5.75 Å². The van der Waals surface area contributed by atoms with E-state index in [9.17, 15) is 0 Å². The average Bonchev–Trinajstić information content (AvgIpc) is 2.19. The fourth-order valence-electron chi connectivity index (χ4n) is 0.901. The van der Waals surface area contributed by atoms with Crippen LogP contribution in [-0.4, -0.2) is 16.2 Å². The van der Waals surface area contributed by atoms with Crippen molar-refractivity contribution in [3.8, 4) is 0 Å². The van der Waals surface area contributed by atoms with Crippen LogP contribution in [0.3, 0.4) is 0 Å². The first-order valence-corrected chi connectivity index (χ1v) is 6.03. The van der Waals surface area contributed by atoms with Crippen LogP contribution < -0.4 is 0 Å². The summed E-state index contributed by atoms with van der Waals surface area (Å²) >= 11 is 1.84. The smallest absolute Gasteiger partial charge is 0.203 e. The maximum absolute atomic E-state index is 5.12. The first-order chi connectivity index (χ1) is 6.33. The van der Waals surface area contributed by atoms with Gasteiger partial charge in [0.25, 0.3) is 0 Å². The Balaban J connectivity index is 2.24. The molecule has 0 atom stereocenters. The number of thioether (sulfide) groups is 1. The third-order valence-corrected chi connectivity index (χ3v) is 3.27. The fourth-order valence-corrected chi connectivity index (χ4v) is 2.02. The van der Waals surface area contributed by atoms with Crippen LogP contribution in [0.4, 0.5) is 0 Å². The van der Waals surface area contributed by atoms with Gasteiger partial charge in [-0.3, -0.25) is 0 Å². The molecule has 0 spiro atoms. The van der Waals surface area contributed by atoms with E-state index in [1.165, 1.54) is 4.90 Å². The van der Waals surface area contributed by atoms with Crippen molar-refractivity contribution in [1.29, 1.82) is 0 Å². The van der Waals surface area contributed by atoms with Crippen LogP contribution in [0.1, 0.15) is 6.42 Å². The molecule has 0 aliphatic rings. The maximum Gasteiger partial charge on any atom is 0.203 e. The lowest BCUT2D eigenvalue weighted by Crippen LogP contribution is -1.88. The van der Waals surface area contributed by atoms with E-state index < -0.39 is 0 Å². The molecule has 0 aromatic heterocycles. The van der Waals surface area contributed by atoms with E-state index in [1.807, 2.05) is 17.8 Å². The lowest BCUT2D eigenvalue weighted by Gasteiger charge is -2.04. The molecular formula is C10H14OSSi. The van der Waals surface area contributed by atoms with Gasteiger partial charge >= 0.3 is 0 Å². The van der Waals surface area contributed by atoms with E-state index in [0.717, 1.165) is 28.4 Å². The Morgan fingerprint density at radius 2 is 2.08 bits per heavy atom. The van der Waals surface area contributed by atoms with E-state index in [1.54, 1.807) is 0 Å². The highest BCUT2D eigenvalue weighted by molar-refractivity contribution is 7.99. The number of hydrogen-bond donors (Lipinski definition) is 0. The van der Waals surface area contributed by atoms with Crippen LogP contribution >= 0.6 is 11.8 Å². The predicted octanol–water partition coefficient (Wildman–Crippen LogP) is 1.98. The normalized spacial score (nSPS) is 9.85. The topological polar surface area (TPSA) is 9.23 Å². The number of benzene rings is 1. The predicted molar refractivity (Wildman–Crippen MR) is 61.9 cm³/mol. The first kappa shape index (κ1) is 10.4. The summed E-state index contributed by atoms with van der Waals surface area (Å²) in [4.78, 5) is 1.31. The number of allylic oxidation sites excluding steroid dienone is 1. The van der Waals surface area contributed by atoms with E-state index in [4.69, 9.17) is 4.43 Å². The molecule has 0 aliphatic carbocycles. The van der Waals surface area contributed by atoms with Crippen LogP contribution in [-0.2, 0) is 4.43 Å². The summed E-state index contributed by atoms with van der Waals surface area (Å²) in [6, 6.07) is 10.4. The lowest BCUT2D eigenvalue weighted by molar-refractivity contribution is 0.455. The molecule has 1 rings (SSSR count). The standard InChI is InChI=1S/C10H14OSSi/c1-9(11-13)7-8-12-10-5-3-2-4-6-10/h2-6H,1,7-8H2,13H3. The van der Waals surface area contributed by atoms with Gasteiger partial charge in [-0.1, -0.05) is 24.8 Å². The third-order valence-electron chi connectivity index (χ3n) is 1.68. The molecule has 0 unspecified atom stereocenters. The summed E-state index contributed by atoms with van der Waals surface area (Å²) < 4.78 is 5.12. The summed E-state index contributed by atoms with van der Waals surface area (Å²) in [5, 5.41) is 0. The molecule has 0 N–H and O–H groups in total. The highest BCUT2D eigenvalue weighted by Gasteiger charge is 1.94. The Morgan fingerprint density at radius 1 is 1.38 bits per heavy atom. The summed E-state index contributed by atoms with van der Waals surface area (Å²) in [7, 11) is 0.751. The minimum atomic E-state index is 0.751. The first-order valence-electron chi connectivity index (χ1n) is 4.22. The fraction of sp³-hybridized carbons (Fsp3) is 0.200. The molecule has 3 heteroatoms. The van der Waals surface area contributed by atoms with Gasteiger partial charge in [0.1, 0.15) is 0 Å². The molecule has 70 valence electrons. The molecular weight excluding hydrogens is 196 g/mol. The quantitative estimate of drug-likeness (QED) is 0.417. The molecule has 1 aromatic rings. The lowest BCUT2D eigenvalue weighted by atomic mass is 10.4. The highest BCUT2D eigenvalue weighted by atomic mass is 32.2. The SMILES string of the molecule is C=C(CCSc1ccccc1)O[SiH3]. The minimum absolute atomic E-state index is 0.751. The van der Waals surface area contributed by atoms with Crippen molar-refractivity contribution in [3.05, 3.63) is 42.7 Å². The zero-order valence-corrected chi connectivity index (χ0v) is 10.6. The highest BCUT2D eigenvalue weighted by Crippen LogP contribution is 2.19. The van der Waals surface area contributed by atoms with Crippen molar-refractivity contribution in [3.63, 3.8) is 0 Å². The molecule has 0 saturated heterocycles. The number of hydrogen-bond acceptors (Lipinski definition) is 2. The Hall–Kier alpha value is -0.673. The van der Waals surface area contributed by atoms with Crippen LogP contribution in [0.25, 0.3) is 0 Å². The Kier molecular flexibility index (Phi) is 4.71. The van der Waals surface area contributed by atoms with Gasteiger partial charge in [-0.25, -0.2) is 0 Å². The van der Waals surface area contributed by atoms with Gasteiger partial charge in [0.15, 0.2) is 0 Å². The van der Waals surface area contributed by atoms with Gasteiger partial charge in [0.05, 0.1) is 5.76 Å². The van der Waals surface area contributed by atoms with E-state index in [2.05, 4.69) is 30.8 Å². The Bertz CT molecular complexity index is 261. The van der Waals surface area contributed by atoms with Crippen molar-refractivity contribution in [1.82, 2.24) is 0 Å². The van der Waals surface area contributed by atoms with Gasteiger partial charge in [-0.15, -0.1) is 11.8 Å². The molecule has 0 radical (unpaired) electrons. The zero-order chi connectivity index (χ0) is 9.52. The van der Waals surface area contributed by atoms with Gasteiger partial charge in [0.2, 0.25) is 10.5 Å². The molecule has 0 amide bonds. The van der Waals surface area contributed by atoms with E-state index in [0.29, 0.717) is 0 Å². The van der Waals surface area contributed by atoms with Crippen molar-refractivity contribution >= 4 is 22.2 Å². The summed E-state index contributed by atoms with van der Waals surface area (Å²) in [5.74, 6) is 1.96. The largest absolute Gasteiger partial charge is 0.556 e. The minimum Gasteiger partial charge on any atom is -0.556 e. The van der Waals surface area contributed by atoms with Gasteiger partial charge in [0, 0.05) is 17.1 Å². The van der Waals surface area contributed by atoms with E-state index in [-0.39, 0.29) is 0 Å². The summed E-state index contributed by atoms with van der Waals surface area (Å²) in [6.07, 6.45) is 0.947. The Labute approximate surface area is 86.7 Å². The van der Waals surface area contributed by atoms with Gasteiger partial charge < -0.3 is 4.43 Å². The Morgan fingerprint density at radius 3 is 2.69 bits per heavy atom. The van der Waals surface area contributed by atoms with Crippen molar-refractivity contribution in [2.45, 2.75) is 11.3 Å². The summed E-state index contributed by atoms with van der Waals surface area (Å²) in [6.45, 7) is 3.80. The molecule has 0 bridgehead atoms. The van der Waals surface area contributed by atoms with Crippen molar-refractivity contribution < 1.29 is 4.43 Å². The van der Waals surface area contributed by atoms with Crippen LogP contribution in [0, 0.1) is 0 Å². The second-order valence-electron chi connectivity index (χ2n) is 2.65. The monoisotopic (exact) mass is 210 g/mol. The van der Waals surface area contributed by atoms with Gasteiger partial charge in [-0.2, -0.15) is 0 Å². The van der Waals surface area contributed by atoms with Gasteiger partial charge in [-0.05, 0) is 12.1 Å². The second kappa shape index (κ2) is 5.88.